The molecule has 13 heavy (non-hydrogen) atoms. The van der Waals surface area contributed by atoms with Crippen LogP contribution in [0.3, 0.4) is 0 Å². The molecule has 0 fully saturated rings. The number of rotatable bonds is 1. The molecule has 4 nitrogen and oxygen atoms in total. The van der Waals surface area contributed by atoms with Crippen molar-refractivity contribution in [3.8, 4) is 0 Å². The third kappa shape index (κ3) is 1.84. The summed E-state index contributed by atoms with van der Waals surface area (Å²) in [5, 5.41) is 0.354. The second kappa shape index (κ2) is 3.53. The Kier molecular flexibility index (Phi) is 2.63. The summed E-state index contributed by atoms with van der Waals surface area (Å²) in [5.41, 5.74) is 11.7. The van der Waals surface area contributed by atoms with Crippen molar-refractivity contribution in [1.82, 2.24) is 0 Å². The molecular weight excluding hydrogens is 192 g/mol. The third-order valence-electron chi connectivity index (χ3n) is 1.58. The average Bonchev–Trinajstić information content (AvgIpc) is 2.10. The Hall–Kier alpha value is -1.42. The molecule has 1 rings (SSSR count). The zero-order chi connectivity index (χ0) is 10.0. The fraction of sp³-hybridized carbons (Fsp3) is 0.125. The predicted octanol–water partition coefficient (Wildman–Crippen LogP) is 1.29. The van der Waals surface area contributed by atoms with Crippen molar-refractivity contribution in [2.45, 2.75) is 0 Å². The van der Waals surface area contributed by atoms with Gasteiger partial charge in [0.1, 0.15) is 0 Å². The lowest BCUT2D eigenvalue weighted by atomic mass is 10.1. The molecule has 0 saturated heterocycles. The van der Waals surface area contributed by atoms with E-state index in [-0.39, 0.29) is 16.9 Å². The quantitative estimate of drug-likeness (QED) is 0.529. The summed E-state index contributed by atoms with van der Waals surface area (Å²) in [7, 11) is 1.26. The van der Waals surface area contributed by atoms with E-state index in [2.05, 4.69) is 4.74 Å². The monoisotopic (exact) mass is 200 g/mol. The number of halogens is 1. The molecule has 0 aliphatic heterocycles. The number of carbonyl (C=O) groups is 1. The minimum absolute atomic E-state index is 0.188. The molecule has 4 N–H and O–H groups in total. The van der Waals surface area contributed by atoms with Crippen LogP contribution in [0, 0.1) is 0 Å². The zero-order valence-corrected chi connectivity index (χ0v) is 7.76. The van der Waals surface area contributed by atoms with Gasteiger partial charge in [0, 0.05) is 5.02 Å². The number of hydrogen-bond donors (Lipinski definition) is 2. The number of hydrogen-bond acceptors (Lipinski definition) is 4. The van der Waals surface area contributed by atoms with E-state index in [0.717, 1.165) is 0 Å². The third-order valence-corrected chi connectivity index (χ3v) is 1.80. The van der Waals surface area contributed by atoms with Crippen molar-refractivity contribution in [2.24, 2.45) is 0 Å². The van der Waals surface area contributed by atoms with Gasteiger partial charge in [0.15, 0.2) is 0 Å². The number of carbonyl (C=O) groups excluding carboxylic acids is 1. The molecule has 0 unspecified atom stereocenters. The molecule has 0 bridgehead atoms. The molecule has 0 heterocycles. The van der Waals surface area contributed by atoms with Gasteiger partial charge in [-0.1, -0.05) is 11.6 Å². The maximum atomic E-state index is 11.1. The number of nitrogens with two attached hydrogens (primary N) is 2. The average molecular weight is 201 g/mol. The Morgan fingerprint density at radius 3 is 2.62 bits per heavy atom. The van der Waals surface area contributed by atoms with E-state index in [9.17, 15) is 4.79 Å². The van der Waals surface area contributed by atoms with Gasteiger partial charge in [-0.3, -0.25) is 0 Å². The maximum absolute atomic E-state index is 11.1. The van der Waals surface area contributed by atoms with Crippen molar-refractivity contribution < 1.29 is 9.53 Å². The molecule has 5 heteroatoms. The Morgan fingerprint density at radius 2 is 2.08 bits per heavy atom. The molecule has 70 valence electrons. The molecule has 1 aromatic rings. The van der Waals surface area contributed by atoms with Crippen LogP contribution in [-0.4, -0.2) is 13.1 Å². The maximum Gasteiger partial charge on any atom is 0.340 e. The van der Waals surface area contributed by atoms with Crippen LogP contribution in [-0.2, 0) is 4.74 Å². The first-order chi connectivity index (χ1) is 6.06. The first-order valence-corrected chi connectivity index (χ1v) is 3.87. The van der Waals surface area contributed by atoms with E-state index in [4.69, 9.17) is 23.1 Å². The highest BCUT2D eigenvalue weighted by molar-refractivity contribution is 6.31. The van der Waals surface area contributed by atoms with Gasteiger partial charge in [0.25, 0.3) is 0 Å². The second-order valence-corrected chi connectivity index (χ2v) is 2.88. The van der Waals surface area contributed by atoms with Crippen LogP contribution >= 0.6 is 11.6 Å². The summed E-state index contributed by atoms with van der Waals surface area (Å²) >= 11 is 5.68. The van der Waals surface area contributed by atoms with Gasteiger partial charge in [0.2, 0.25) is 0 Å². The van der Waals surface area contributed by atoms with Gasteiger partial charge in [-0.2, -0.15) is 0 Å². The predicted molar refractivity (Wildman–Crippen MR) is 51.6 cm³/mol. The van der Waals surface area contributed by atoms with E-state index < -0.39 is 5.97 Å². The van der Waals surface area contributed by atoms with E-state index in [0.29, 0.717) is 5.02 Å². The van der Waals surface area contributed by atoms with Gasteiger partial charge in [-0.25, -0.2) is 4.79 Å². The fourth-order valence-corrected chi connectivity index (χ4v) is 1.14. The van der Waals surface area contributed by atoms with Crippen molar-refractivity contribution in [2.75, 3.05) is 18.6 Å². The molecule has 0 aliphatic carbocycles. The number of benzene rings is 1. The Labute approximate surface area is 80.4 Å². The molecule has 0 saturated carbocycles. The molecule has 0 aliphatic rings. The Morgan fingerprint density at radius 1 is 1.46 bits per heavy atom. The molecule has 0 radical (unpaired) electrons. The number of methoxy groups -OCH3 is 1. The van der Waals surface area contributed by atoms with E-state index in [1.807, 2.05) is 0 Å². The van der Waals surface area contributed by atoms with Crippen LogP contribution in [0.2, 0.25) is 5.02 Å². The Bertz CT molecular complexity index is 352. The summed E-state index contributed by atoms with van der Waals surface area (Å²) in [6.45, 7) is 0. The van der Waals surface area contributed by atoms with Crippen molar-refractivity contribution in [1.29, 1.82) is 0 Å². The lowest BCUT2D eigenvalue weighted by Crippen LogP contribution is -2.07. The topological polar surface area (TPSA) is 78.3 Å². The van der Waals surface area contributed by atoms with Gasteiger partial charge < -0.3 is 16.2 Å². The Balaban J connectivity index is 3.28. The van der Waals surface area contributed by atoms with Crippen LogP contribution in [0.5, 0.6) is 0 Å². The smallest absolute Gasteiger partial charge is 0.340 e. The highest BCUT2D eigenvalue weighted by Gasteiger charge is 2.12. The number of ether oxygens (including phenoxy) is 1. The summed E-state index contributed by atoms with van der Waals surface area (Å²) in [5.74, 6) is -0.549. The second-order valence-electron chi connectivity index (χ2n) is 2.45. The van der Waals surface area contributed by atoms with Crippen LogP contribution in [0.25, 0.3) is 0 Å². The minimum atomic E-state index is -0.549. The van der Waals surface area contributed by atoms with E-state index in [1.165, 1.54) is 19.2 Å². The van der Waals surface area contributed by atoms with E-state index >= 15 is 0 Å². The lowest BCUT2D eigenvalue weighted by molar-refractivity contribution is 0.0602. The summed E-state index contributed by atoms with van der Waals surface area (Å²) < 4.78 is 4.49. The van der Waals surface area contributed by atoms with Crippen molar-refractivity contribution in [3.05, 3.63) is 22.7 Å². The van der Waals surface area contributed by atoms with Crippen LogP contribution in [0.4, 0.5) is 11.4 Å². The molecule has 0 aromatic heterocycles. The molecular formula is C8H9ClN2O2. The van der Waals surface area contributed by atoms with Crippen LogP contribution in [0.1, 0.15) is 10.4 Å². The van der Waals surface area contributed by atoms with Gasteiger partial charge in [-0.15, -0.1) is 0 Å². The summed E-state index contributed by atoms with van der Waals surface area (Å²) in [4.78, 5) is 11.1. The van der Waals surface area contributed by atoms with E-state index in [1.54, 1.807) is 0 Å². The molecule has 0 amide bonds. The molecule has 0 spiro atoms. The van der Waals surface area contributed by atoms with Crippen molar-refractivity contribution >= 4 is 28.9 Å². The molecule has 0 atom stereocenters. The van der Waals surface area contributed by atoms with Crippen molar-refractivity contribution in [3.63, 3.8) is 0 Å². The lowest BCUT2D eigenvalue weighted by Gasteiger charge is -2.06. The standard InChI is InChI=1S/C8H9ClN2O2/c1-13-8(12)5-2-4(9)3-6(10)7(5)11/h2-3H,10-11H2,1H3. The SMILES string of the molecule is COC(=O)c1cc(Cl)cc(N)c1N. The summed E-state index contributed by atoms with van der Waals surface area (Å²) in [6, 6.07) is 2.89. The van der Waals surface area contributed by atoms with Crippen LogP contribution in [0.15, 0.2) is 12.1 Å². The molecule has 1 aromatic carbocycles. The highest BCUT2D eigenvalue weighted by Crippen LogP contribution is 2.25. The number of esters is 1. The summed E-state index contributed by atoms with van der Waals surface area (Å²) in [6.07, 6.45) is 0. The van der Waals surface area contributed by atoms with Gasteiger partial charge in [0.05, 0.1) is 24.0 Å². The number of anilines is 2. The number of nitrogen functional groups attached to an aromatic ring is 2. The normalized spacial score (nSPS) is 9.69. The fourth-order valence-electron chi connectivity index (χ4n) is 0.918. The first kappa shape index (κ1) is 9.67. The van der Waals surface area contributed by atoms with Crippen LogP contribution < -0.4 is 11.5 Å². The minimum Gasteiger partial charge on any atom is -0.465 e. The largest absolute Gasteiger partial charge is 0.465 e. The zero-order valence-electron chi connectivity index (χ0n) is 7.00. The first-order valence-electron chi connectivity index (χ1n) is 3.49. The van der Waals surface area contributed by atoms with Gasteiger partial charge >= 0.3 is 5.97 Å². The van der Waals surface area contributed by atoms with Gasteiger partial charge in [-0.05, 0) is 12.1 Å². The highest BCUT2D eigenvalue weighted by atomic mass is 35.5.